The molecule has 1 aliphatic heterocycles. The van der Waals surface area contributed by atoms with Crippen LogP contribution in [0.4, 0.5) is 5.13 Å². The molecular formula is C21H20ClN3O4S. The van der Waals surface area contributed by atoms with E-state index in [0.717, 1.165) is 4.70 Å². The van der Waals surface area contributed by atoms with Crippen molar-refractivity contribution in [3.05, 3.63) is 47.0 Å². The molecule has 30 heavy (non-hydrogen) atoms. The van der Waals surface area contributed by atoms with Crippen LogP contribution in [-0.4, -0.2) is 36.1 Å². The third-order valence-corrected chi connectivity index (χ3v) is 5.90. The number of hydrogen-bond donors (Lipinski definition) is 2. The summed E-state index contributed by atoms with van der Waals surface area (Å²) in [6.45, 7) is 4.71. The molecule has 2 aromatic carbocycles. The Morgan fingerprint density at radius 3 is 2.53 bits per heavy atom. The zero-order valence-corrected chi connectivity index (χ0v) is 18.0. The van der Waals surface area contributed by atoms with Gasteiger partial charge in [-0.25, -0.2) is 4.98 Å². The quantitative estimate of drug-likeness (QED) is 0.616. The van der Waals surface area contributed by atoms with Gasteiger partial charge >= 0.3 is 0 Å². The molecule has 7 nitrogen and oxygen atoms in total. The second kappa shape index (κ2) is 8.49. The van der Waals surface area contributed by atoms with Gasteiger partial charge < -0.3 is 20.1 Å². The minimum Gasteiger partial charge on any atom is -0.486 e. The number of hydrogen-bond acceptors (Lipinski definition) is 6. The minimum atomic E-state index is -0.749. The summed E-state index contributed by atoms with van der Waals surface area (Å²) in [4.78, 5) is 30.0. The van der Waals surface area contributed by atoms with Crippen LogP contribution in [0.5, 0.6) is 11.5 Å². The van der Waals surface area contributed by atoms with Crippen LogP contribution in [0, 0.1) is 5.92 Å². The van der Waals surface area contributed by atoms with Crippen LogP contribution in [0.3, 0.4) is 0 Å². The van der Waals surface area contributed by atoms with E-state index in [0.29, 0.717) is 45.9 Å². The fourth-order valence-corrected chi connectivity index (χ4v) is 4.20. The maximum Gasteiger partial charge on any atom is 0.253 e. The molecule has 1 aliphatic rings. The number of ether oxygens (including phenoxy) is 2. The lowest BCUT2D eigenvalue weighted by Crippen LogP contribution is -2.47. The number of fused-ring (bicyclic) bond motifs is 2. The molecule has 0 spiro atoms. The van der Waals surface area contributed by atoms with Crippen molar-refractivity contribution < 1.29 is 19.1 Å². The van der Waals surface area contributed by atoms with Crippen LogP contribution in [0.25, 0.3) is 10.2 Å². The lowest BCUT2D eigenvalue weighted by Gasteiger charge is -2.21. The van der Waals surface area contributed by atoms with Crippen molar-refractivity contribution in [2.45, 2.75) is 19.9 Å². The number of amides is 2. The number of carbonyl (C=O) groups is 2. The fraction of sp³-hybridized carbons (Fsp3) is 0.286. The Hall–Kier alpha value is -2.84. The van der Waals surface area contributed by atoms with Crippen molar-refractivity contribution in [2.24, 2.45) is 5.92 Å². The molecule has 0 radical (unpaired) electrons. The lowest BCUT2D eigenvalue weighted by molar-refractivity contribution is -0.118. The van der Waals surface area contributed by atoms with Gasteiger partial charge in [-0.2, -0.15) is 0 Å². The SMILES string of the molecule is CC(C)C(NC(=O)c1ccccc1Cl)C(=O)Nc1nc2cc3c(cc2s1)OCCO3. The first-order valence-corrected chi connectivity index (χ1v) is 10.7. The molecule has 1 atom stereocenters. The first-order chi connectivity index (χ1) is 14.4. The molecule has 0 fully saturated rings. The monoisotopic (exact) mass is 445 g/mol. The number of carbonyl (C=O) groups excluding carboxylic acids is 2. The Morgan fingerprint density at radius 2 is 1.83 bits per heavy atom. The predicted molar refractivity (Wildman–Crippen MR) is 117 cm³/mol. The summed E-state index contributed by atoms with van der Waals surface area (Å²) in [6, 6.07) is 9.62. The molecule has 3 aromatic rings. The number of anilines is 1. The van der Waals surface area contributed by atoms with Gasteiger partial charge in [-0.05, 0) is 18.1 Å². The van der Waals surface area contributed by atoms with Gasteiger partial charge in [0.2, 0.25) is 5.91 Å². The highest BCUT2D eigenvalue weighted by atomic mass is 35.5. The van der Waals surface area contributed by atoms with Crippen LogP contribution < -0.4 is 20.1 Å². The van der Waals surface area contributed by atoms with E-state index < -0.39 is 11.9 Å². The van der Waals surface area contributed by atoms with Gasteiger partial charge in [0.05, 0.1) is 20.8 Å². The van der Waals surface area contributed by atoms with E-state index >= 15 is 0 Å². The maximum atomic E-state index is 12.9. The van der Waals surface area contributed by atoms with Gasteiger partial charge in [0.15, 0.2) is 16.6 Å². The molecule has 1 unspecified atom stereocenters. The number of nitrogens with zero attached hydrogens (tertiary/aromatic N) is 1. The van der Waals surface area contributed by atoms with E-state index in [-0.39, 0.29) is 11.8 Å². The lowest BCUT2D eigenvalue weighted by atomic mass is 10.0. The van der Waals surface area contributed by atoms with Gasteiger partial charge in [-0.15, -0.1) is 0 Å². The van der Waals surface area contributed by atoms with Crippen molar-refractivity contribution in [3.63, 3.8) is 0 Å². The van der Waals surface area contributed by atoms with Gasteiger partial charge in [0.25, 0.3) is 5.91 Å². The largest absolute Gasteiger partial charge is 0.486 e. The summed E-state index contributed by atoms with van der Waals surface area (Å²) < 4.78 is 12.0. The molecule has 0 saturated heterocycles. The normalized spacial score (nSPS) is 13.9. The van der Waals surface area contributed by atoms with Gasteiger partial charge in [-0.1, -0.05) is 48.9 Å². The zero-order valence-electron chi connectivity index (χ0n) is 16.4. The molecular weight excluding hydrogens is 426 g/mol. The van der Waals surface area contributed by atoms with Crippen molar-refractivity contribution in [1.82, 2.24) is 10.3 Å². The second-order valence-corrected chi connectivity index (χ2v) is 8.58. The van der Waals surface area contributed by atoms with E-state index in [4.69, 9.17) is 21.1 Å². The second-order valence-electron chi connectivity index (χ2n) is 7.15. The van der Waals surface area contributed by atoms with Crippen molar-refractivity contribution >= 4 is 50.1 Å². The van der Waals surface area contributed by atoms with Crippen molar-refractivity contribution in [2.75, 3.05) is 18.5 Å². The standard InChI is InChI=1S/C21H20ClN3O4S/c1-11(2)18(24-19(26)12-5-3-4-6-13(12)22)20(27)25-21-23-14-9-15-16(10-17(14)30-21)29-8-7-28-15/h3-6,9-11,18H,7-8H2,1-2H3,(H,24,26)(H,23,25,27). The summed E-state index contributed by atoms with van der Waals surface area (Å²) in [5.74, 6) is 0.425. The number of thiazole rings is 1. The Bertz CT molecular complexity index is 1070. The van der Waals surface area contributed by atoms with E-state index in [1.54, 1.807) is 30.3 Å². The topological polar surface area (TPSA) is 89.6 Å². The smallest absolute Gasteiger partial charge is 0.253 e. The number of rotatable bonds is 5. The summed E-state index contributed by atoms with van der Waals surface area (Å²) in [6.07, 6.45) is 0. The minimum absolute atomic E-state index is 0.139. The molecule has 9 heteroatoms. The summed E-state index contributed by atoms with van der Waals surface area (Å²) >= 11 is 7.43. The fourth-order valence-electron chi connectivity index (χ4n) is 3.10. The average Bonchev–Trinajstić information content (AvgIpc) is 3.10. The van der Waals surface area contributed by atoms with Crippen LogP contribution in [-0.2, 0) is 4.79 Å². The molecule has 0 bridgehead atoms. The Balaban J connectivity index is 1.51. The molecule has 0 saturated carbocycles. The van der Waals surface area contributed by atoms with Crippen LogP contribution >= 0.6 is 22.9 Å². The molecule has 2 amide bonds. The highest BCUT2D eigenvalue weighted by Gasteiger charge is 2.26. The molecule has 1 aromatic heterocycles. The number of benzene rings is 2. The Morgan fingerprint density at radius 1 is 1.13 bits per heavy atom. The molecule has 2 N–H and O–H groups in total. The highest BCUT2D eigenvalue weighted by molar-refractivity contribution is 7.22. The van der Waals surface area contributed by atoms with Crippen molar-refractivity contribution in [1.29, 1.82) is 0 Å². The number of nitrogens with one attached hydrogen (secondary N) is 2. The molecule has 156 valence electrons. The van der Waals surface area contributed by atoms with Gasteiger partial charge in [-0.3, -0.25) is 9.59 Å². The van der Waals surface area contributed by atoms with Crippen LogP contribution in [0.15, 0.2) is 36.4 Å². The van der Waals surface area contributed by atoms with Crippen LogP contribution in [0.2, 0.25) is 5.02 Å². The van der Waals surface area contributed by atoms with E-state index in [1.165, 1.54) is 11.3 Å². The molecule has 0 aliphatic carbocycles. The summed E-state index contributed by atoms with van der Waals surface area (Å²) in [7, 11) is 0. The molecule has 4 rings (SSSR count). The first kappa shape index (κ1) is 20.4. The predicted octanol–water partition coefficient (Wildman–Crippen LogP) is 4.11. The zero-order chi connectivity index (χ0) is 21.3. The van der Waals surface area contributed by atoms with Gasteiger partial charge in [0.1, 0.15) is 19.3 Å². The van der Waals surface area contributed by atoms with E-state index in [9.17, 15) is 9.59 Å². The Labute approximate surface area is 182 Å². The third-order valence-electron chi connectivity index (χ3n) is 4.64. The summed E-state index contributed by atoms with van der Waals surface area (Å²) in [5, 5.41) is 6.36. The molecule has 2 heterocycles. The van der Waals surface area contributed by atoms with E-state index in [1.807, 2.05) is 19.9 Å². The maximum absolute atomic E-state index is 12.9. The Kier molecular flexibility index (Phi) is 5.78. The third kappa shape index (κ3) is 4.20. The van der Waals surface area contributed by atoms with E-state index in [2.05, 4.69) is 15.6 Å². The van der Waals surface area contributed by atoms with Crippen molar-refractivity contribution in [3.8, 4) is 11.5 Å². The number of aromatic nitrogens is 1. The highest BCUT2D eigenvalue weighted by Crippen LogP contribution is 2.37. The summed E-state index contributed by atoms with van der Waals surface area (Å²) in [5.41, 5.74) is 1.03. The number of halogens is 1. The van der Waals surface area contributed by atoms with Crippen LogP contribution in [0.1, 0.15) is 24.2 Å². The first-order valence-electron chi connectivity index (χ1n) is 9.49. The van der Waals surface area contributed by atoms with Gasteiger partial charge in [0, 0.05) is 12.1 Å². The average molecular weight is 446 g/mol.